The summed E-state index contributed by atoms with van der Waals surface area (Å²) in [6.45, 7) is 7.78. The number of nitrogens with one attached hydrogen (secondary N) is 2. The first kappa shape index (κ1) is 30.3. The molecule has 1 aliphatic heterocycles. The number of benzene rings is 1. The first-order chi connectivity index (χ1) is 19.4. The molecular formula is C30H38N6O4S. The zero-order valence-electron chi connectivity index (χ0n) is 23.8. The Bertz CT molecular complexity index is 1360. The summed E-state index contributed by atoms with van der Waals surface area (Å²) >= 11 is 1.58. The van der Waals surface area contributed by atoms with Crippen LogP contribution in [0.15, 0.2) is 54.2 Å². The Kier molecular flexibility index (Phi) is 9.52. The zero-order valence-corrected chi connectivity index (χ0v) is 24.6. The van der Waals surface area contributed by atoms with Crippen molar-refractivity contribution in [3.8, 4) is 10.4 Å². The van der Waals surface area contributed by atoms with Gasteiger partial charge in [-0.1, -0.05) is 51.1 Å². The molecule has 10 nitrogen and oxygen atoms in total. The number of pyridine rings is 1. The predicted molar refractivity (Wildman–Crippen MR) is 157 cm³/mol. The molecule has 4 rings (SSSR count). The van der Waals surface area contributed by atoms with Crippen molar-refractivity contribution in [3.63, 3.8) is 0 Å². The molecule has 11 heteroatoms. The third-order valence-corrected chi connectivity index (χ3v) is 8.16. The van der Waals surface area contributed by atoms with E-state index >= 15 is 0 Å². The number of likely N-dealkylation sites (tertiary alicyclic amines) is 1. The maximum atomic E-state index is 13.8. The Hall–Kier alpha value is -3.67. The fourth-order valence-electron chi connectivity index (χ4n) is 4.90. The van der Waals surface area contributed by atoms with E-state index in [4.69, 9.17) is 5.73 Å². The number of carbonyl (C=O) groups is 3. The highest BCUT2D eigenvalue weighted by Gasteiger charge is 2.44. The molecule has 1 fully saturated rings. The number of hydrogen-bond acceptors (Lipinski definition) is 8. The minimum absolute atomic E-state index is 0.00964. The molecule has 0 saturated carbocycles. The van der Waals surface area contributed by atoms with Crippen LogP contribution in [0.5, 0.6) is 0 Å². The fourth-order valence-corrected chi connectivity index (χ4v) is 5.71. The molecule has 0 radical (unpaired) electrons. The maximum Gasteiger partial charge on any atom is 0.246 e. The summed E-state index contributed by atoms with van der Waals surface area (Å²) in [6.07, 6.45) is 0.837. The average Bonchev–Trinajstić information content (AvgIpc) is 3.55. The van der Waals surface area contributed by atoms with Gasteiger partial charge >= 0.3 is 0 Å². The Morgan fingerprint density at radius 1 is 1.15 bits per heavy atom. The largest absolute Gasteiger partial charge is 0.391 e. The molecule has 1 unspecified atom stereocenters. The van der Waals surface area contributed by atoms with Gasteiger partial charge in [0.05, 0.1) is 33.9 Å². The summed E-state index contributed by atoms with van der Waals surface area (Å²) in [4.78, 5) is 50.9. The van der Waals surface area contributed by atoms with E-state index in [1.807, 2.05) is 57.5 Å². The normalized spacial score (nSPS) is 18.5. The molecule has 3 amide bonds. The Morgan fingerprint density at radius 2 is 1.88 bits per heavy atom. The van der Waals surface area contributed by atoms with Crippen molar-refractivity contribution >= 4 is 29.1 Å². The third-order valence-electron chi connectivity index (χ3n) is 7.18. The smallest absolute Gasteiger partial charge is 0.246 e. The molecule has 1 aromatic carbocycles. The lowest BCUT2D eigenvalue weighted by molar-refractivity contribution is -0.144. The van der Waals surface area contributed by atoms with Gasteiger partial charge in [0, 0.05) is 32.1 Å². The molecule has 3 aromatic rings. The van der Waals surface area contributed by atoms with Crippen LogP contribution in [0.25, 0.3) is 10.4 Å². The summed E-state index contributed by atoms with van der Waals surface area (Å²) < 4.78 is 0. The van der Waals surface area contributed by atoms with E-state index in [0.717, 1.165) is 21.7 Å². The molecule has 1 aliphatic rings. The SMILES string of the molecule is Cc1ncsc1-c1ccc(CNC(=O)[C@@H]2C[C@@H](O)CN2C(=O)[C@H](NC(=O)CC(N)c2ccccn2)C(C)(C)C)cc1. The summed E-state index contributed by atoms with van der Waals surface area (Å²) in [5.41, 5.74) is 10.8. The molecule has 0 bridgehead atoms. The number of carbonyl (C=O) groups excluding carboxylic acids is 3. The summed E-state index contributed by atoms with van der Waals surface area (Å²) in [7, 11) is 0. The van der Waals surface area contributed by atoms with Gasteiger partial charge in [-0.25, -0.2) is 4.98 Å². The van der Waals surface area contributed by atoms with Crippen LogP contribution < -0.4 is 16.4 Å². The average molecular weight is 579 g/mol. The van der Waals surface area contributed by atoms with Crippen LogP contribution in [0.2, 0.25) is 0 Å². The van der Waals surface area contributed by atoms with Crippen LogP contribution in [0, 0.1) is 12.3 Å². The van der Waals surface area contributed by atoms with E-state index in [9.17, 15) is 19.5 Å². The number of hydrogen-bond donors (Lipinski definition) is 4. The van der Waals surface area contributed by atoms with E-state index in [1.165, 1.54) is 4.90 Å². The fraction of sp³-hybridized carbons (Fsp3) is 0.433. The molecule has 0 spiro atoms. The maximum absolute atomic E-state index is 13.8. The molecular weight excluding hydrogens is 540 g/mol. The minimum Gasteiger partial charge on any atom is -0.391 e. The highest BCUT2D eigenvalue weighted by atomic mass is 32.1. The highest BCUT2D eigenvalue weighted by Crippen LogP contribution is 2.28. The van der Waals surface area contributed by atoms with E-state index in [2.05, 4.69) is 20.6 Å². The van der Waals surface area contributed by atoms with E-state index in [0.29, 0.717) is 5.69 Å². The molecule has 2 aromatic heterocycles. The van der Waals surface area contributed by atoms with Crippen molar-refractivity contribution in [1.82, 2.24) is 25.5 Å². The number of aliphatic hydroxyl groups is 1. The summed E-state index contributed by atoms with van der Waals surface area (Å²) in [6, 6.07) is 10.8. The first-order valence-electron chi connectivity index (χ1n) is 13.7. The van der Waals surface area contributed by atoms with Crippen molar-refractivity contribution < 1.29 is 19.5 Å². The molecule has 41 heavy (non-hydrogen) atoms. The quantitative estimate of drug-likeness (QED) is 0.305. The predicted octanol–water partition coefficient (Wildman–Crippen LogP) is 2.71. The monoisotopic (exact) mass is 578 g/mol. The summed E-state index contributed by atoms with van der Waals surface area (Å²) in [5, 5.41) is 16.2. The second-order valence-corrected chi connectivity index (χ2v) is 12.4. The highest BCUT2D eigenvalue weighted by molar-refractivity contribution is 7.13. The minimum atomic E-state index is -0.922. The van der Waals surface area contributed by atoms with Gasteiger partial charge in [-0.3, -0.25) is 19.4 Å². The number of rotatable bonds is 9. The second-order valence-electron chi connectivity index (χ2n) is 11.5. The van der Waals surface area contributed by atoms with E-state index in [-0.39, 0.29) is 31.8 Å². The van der Waals surface area contributed by atoms with Gasteiger partial charge in [0.2, 0.25) is 17.7 Å². The molecule has 3 heterocycles. The number of thiazole rings is 1. The number of amides is 3. The number of aryl methyl sites for hydroxylation is 1. The molecule has 1 saturated heterocycles. The Balaban J connectivity index is 1.40. The number of aromatic nitrogens is 2. The van der Waals surface area contributed by atoms with Crippen LogP contribution in [0.4, 0.5) is 0 Å². The number of nitrogens with two attached hydrogens (primary N) is 1. The lowest BCUT2D eigenvalue weighted by Crippen LogP contribution is -2.57. The van der Waals surface area contributed by atoms with Crippen molar-refractivity contribution in [2.75, 3.05) is 6.54 Å². The third kappa shape index (κ3) is 7.55. The lowest BCUT2D eigenvalue weighted by Gasteiger charge is -2.35. The van der Waals surface area contributed by atoms with Gasteiger partial charge in [-0.05, 0) is 35.6 Å². The van der Waals surface area contributed by atoms with Crippen molar-refractivity contribution in [1.29, 1.82) is 0 Å². The molecule has 0 aliphatic carbocycles. The van der Waals surface area contributed by atoms with Gasteiger partial charge in [0.1, 0.15) is 12.1 Å². The Morgan fingerprint density at radius 3 is 2.49 bits per heavy atom. The van der Waals surface area contributed by atoms with Crippen LogP contribution >= 0.6 is 11.3 Å². The molecule has 5 N–H and O–H groups in total. The van der Waals surface area contributed by atoms with Crippen LogP contribution in [0.1, 0.15) is 56.6 Å². The standard InChI is InChI=1S/C30H38N6O4S/c1-18-26(41-17-34-18)20-10-8-19(9-11-20)15-33-28(39)24-13-21(37)16-36(24)29(40)27(30(2,3)4)35-25(38)14-22(31)23-7-5-6-12-32-23/h5-12,17,21-22,24,27,37H,13-16,31H2,1-4H3,(H,33,39)(H,35,38)/t21-,22?,24+,27+/m1/s1. The van der Waals surface area contributed by atoms with E-state index in [1.54, 1.807) is 35.7 Å². The summed E-state index contributed by atoms with van der Waals surface area (Å²) in [5.74, 6) is -1.17. The first-order valence-corrected chi connectivity index (χ1v) is 14.5. The van der Waals surface area contributed by atoms with Crippen LogP contribution in [-0.2, 0) is 20.9 Å². The van der Waals surface area contributed by atoms with Crippen molar-refractivity contribution in [3.05, 3.63) is 71.1 Å². The zero-order chi connectivity index (χ0) is 29.7. The van der Waals surface area contributed by atoms with Crippen LogP contribution in [0.3, 0.4) is 0 Å². The number of β-amino-alcohol motifs (C(OH)–C–C–N with tert-alkyl or cyclic N) is 1. The second kappa shape index (κ2) is 12.9. The van der Waals surface area contributed by atoms with Gasteiger partial charge in [0.15, 0.2) is 0 Å². The number of nitrogens with zero attached hydrogens (tertiary/aromatic N) is 3. The van der Waals surface area contributed by atoms with Gasteiger partial charge in [-0.2, -0.15) is 0 Å². The lowest BCUT2D eigenvalue weighted by atomic mass is 9.85. The number of aliphatic hydroxyl groups excluding tert-OH is 1. The molecule has 218 valence electrons. The van der Waals surface area contributed by atoms with Gasteiger partial charge < -0.3 is 26.4 Å². The van der Waals surface area contributed by atoms with E-state index < -0.39 is 41.5 Å². The Labute approximate surface area is 244 Å². The van der Waals surface area contributed by atoms with Crippen molar-refractivity contribution in [2.45, 2.75) is 71.3 Å². The van der Waals surface area contributed by atoms with Crippen LogP contribution in [-0.4, -0.2) is 62.4 Å². The topological polar surface area (TPSA) is 151 Å². The van der Waals surface area contributed by atoms with Crippen molar-refractivity contribution in [2.24, 2.45) is 11.1 Å². The molecule has 4 atom stereocenters. The van der Waals surface area contributed by atoms with Gasteiger partial charge in [0.25, 0.3) is 0 Å². The van der Waals surface area contributed by atoms with Gasteiger partial charge in [-0.15, -0.1) is 11.3 Å².